The van der Waals surface area contributed by atoms with Crippen LogP contribution in [0.1, 0.15) is 20.8 Å². The van der Waals surface area contributed by atoms with Gasteiger partial charge in [0, 0.05) is 4.47 Å². The van der Waals surface area contributed by atoms with E-state index in [2.05, 4.69) is 15.9 Å². The standard InChI is InChI=1S/C14H18BrNO3/c1-14(2,3)19-13(17)9-16-6-7-18-12-5-4-10(15)8-11(12)16/h4-5,8H,6-7,9H2,1-3H3. The number of anilines is 1. The maximum atomic E-state index is 11.9. The second kappa shape index (κ2) is 5.41. The molecule has 104 valence electrons. The summed E-state index contributed by atoms with van der Waals surface area (Å²) in [5, 5.41) is 0. The first kappa shape index (κ1) is 14.2. The molecule has 5 heteroatoms. The maximum Gasteiger partial charge on any atom is 0.326 e. The van der Waals surface area contributed by atoms with Crippen molar-refractivity contribution >= 4 is 27.6 Å². The summed E-state index contributed by atoms with van der Waals surface area (Å²) in [5.41, 5.74) is 0.468. The molecule has 1 aromatic rings. The average Bonchev–Trinajstić information content (AvgIpc) is 2.27. The lowest BCUT2D eigenvalue weighted by Crippen LogP contribution is -2.39. The largest absolute Gasteiger partial charge is 0.490 e. The quantitative estimate of drug-likeness (QED) is 0.783. The molecular formula is C14H18BrNO3. The first-order chi connectivity index (χ1) is 8.85. The highest BCUT2D eigenvalue weighted by molar-refractivity contribution is 9.10. The van der Waals surface area contributed by atoms with Crippen LogP contribution in [0.3, 0.4) is 0 Å². The molecule has 0 radical (unpaired) electrons. The molecular weight excluding hydrogens is 310 g/mol. The Kier molecular flexibility index (Phi) is 4.04. The van der Waals surface area contributed by atoms with Crippen LogP contribution in [0.15, 0.2) is 22.7 Å². The number of halogens is 1. The second-order valence-corrected chi connectivity index (χ2v) is 6.38. The highest BCUT2D eigenvalue weighted by Gasteiger charge is 2.23. The predicted octanol–water partition coefficient (Wildman–Crippen LogP) is 2.99. The molecule has 1 heterocycles. The van der Waals surface area contributed by atoms with E-state index in [0.29, 0.717) is 13.2 Å². The van der Waals surface area contributed by atoms with E-state index >= 15 is 0 Å². The van der Waals surface area contributed by atoms with Crippen molar-refractivity contribution in [2.24, 2.45) is 0 Å². The third-order valence-electron chi connectivity index (χ3n) is 2.62. The SMILES string of the molecule is CC(C)(C)OC(=O)CN1CCOc2ccc(Br)cc21. The van der Waals surface area contributed by atoms with Crippen LogP contribution in [0, 0.1) is 0 Å². The van der Waals surface area contributed by atoms with Gasteiger partial charge < -0.3 is 14.4 Å². The summed E-state index contributed by atoms with van der Waals surface area (Å²) < 4.78 is 11.9. The highest BCUT2D eigenvalue weighted by Crippen LogP contribution is 2.34. The minimum absolute atomic E-state index is 0.222. The number of carbonyl (C=O) groups is 1. The Bertz CT molecular complexity index is 482. The van der Waals surface area contributed by atoms with Gasteiger partial charge in [0.25, 0.3) is 0 Å². The molecule has 0 saturated heterocycles. The molecule has 0 saturated carbocycles. The molecule has 4 nitrogen and oxygen atoms in total. The van der Waals surface area contributed by atoms with E-state index in [-0.39, 0.29) is 12.5 Å². The van der Waals surface area contributed by atoms with Crippen LogP contribution in [-0.2, 0) is 9.53 Å². The number of ether oxygens (including phenoxy) is 2. The van der Waals surface area contributed by atoms with E-state index in [1.165, 1.54) is 0 Å². The molecule has 1 aromatic carbocycles. The van der Waals surface area contributed by atoms with Crippen molar-refractivity contribution in [2.45, 2.75) is 26.4 Å². The van der Waals surface area contributed by atoms with Gasteiger partial charge in [0.05, 0.1) is 12.2 Å². The number of nitrogens with zero attached hydrogens (tertiary/aromatic N) is 1. The van der Waals surface area contributed by atoms with Gasteiger partial charge >= 0.3 is 5.97 Å². The van der Waals surface area contributed by atoms with Crippen LogP contribution in [0.5, 0.6) is 5.75 Å². The Morgan fingerprint density at radius 2 is 2.21 bits per heavy atom. The minimum Gasteiger partial charge on any atom is -0.490 e. The number of hydrogen-bond donors (Lipinski definition) is 0. The molecule has 0 N–H and O–H groups in total. The first-order valence-electron chi connectivity index (χ1n) is 6.24. The number of benzene rings is 1. The smallest absolute Gasteiger partial charge is 0.326 e. The van der Waals surface area contributed by atoms with Crippen LogP contribution in [0.4, 0.5) is 5.69 Å². The van der Waals surface area contributed by atoms with Crippen molar-refractivity contribution < 1.29 is 14.3 Å². The van der Waals surface area contributed by atoms with Crippen molar-refractivity contribution in [1.29, 1.82) is 0 Å². The molecule has 0 unspecified atom stereocenters. The lowest BCUT2D eigenvalue weighted by atomic mass is 10.2. The lowest BCUT2D eigenvalue weighted by molar-refractivity contribution is -0.153. The zero-order chi connectivity index (χ0) is 14.0. The number of hydrogen-bond acceptors (Lipinski definition) is 4. The van der Waals surface area contributed by atoms with Gasteiger partial charge in [0.2, 0.25) is 0 Å². The first-order valence-corrected chi connectivity index (χ1v) is 7.03. The topological polar surface area (TPSA) is 38.8 Å². The van der Waals surface area contributed by atoms with Crippen LogP contribution in [0.2, 0.25) is 0 Å². The van der Waals surface area contributed by atoms with Crippen LogP contribution in [0.25, 0.3) is 0 Å². The predicted molar refractivity (Wildman–Crippen MR) is 77.7 cm³/mol. The summed E-state index contributed by atoms with van der Waals surface area (Å²) >= 11 is 3.43. The lowest BCUT2D eigenvalue weighted by Gasteiger charge is -2.31. The summed E-state index contributed by atoms with van der Waals surface area (Å²) in [6.07, 6.45) is 0. The van der Waals surface area contributed by atoms with Gasteiger partial charge in [-0.2, -0.15) is 0 Å². The Balaban J connectivity index is 2.11. The van der Waals surface area contributed by atoms with E-state index in [1.807, 2.05) is 43.9 Å². The van der Waals surface area contributed by atoms with Crippen molar-refractivity contribution in [3.05, 3.63) is 22.7 Å². The van der Waals surface area contributed by atoms with E-state index < -0.39 is 5.60 Å². The van der Waals surface area contributed by atoms with Gasteiger partial charge in [0.1, 0.15) is 24.5 Å². The fourth-order valence-electron chi connectivity index (χ4n) is 1.94. The second-order valence-electron chi connectivity index (χ2n) is 5.47. The molecule has 2 rings (SSSR count). The zero-order valence-corrected chi connectivity index (χ0v) is 13.0. The Hall–Kier alpha value is -1.23. The van der Waals surface area contributed by atoms with Gasteiger partial charge in [-0.3, -0.25) is 4.79 Å². The fraction of sp³-hybridized carbons (Fsp3) is 0.500. The molecule has 0 amide bonds. The summed E-state index contributed by atoms with van der Waals surface area (Å²) in [4.78, 5) is 13.9. The van der Waals surface area contributed by atoms with E-state index in [9.17, 15) is 4.79 Å². The highest BCUT2D eigenvalue weighted by atomic mass is 79.9. The van der Waals surface area contributed by atoms with Gasteiger partial charge in [-0.1, -0.05) is 15.9 Å². The summed E-state index contributed by atoms with van der Waals surface area (Å²) in [6, 6.07) is 5.79. The Morgan fingerprint density at radius 1 is 1.47 bits per heavy atom. The maximum absolute atomic E-state index is 11.9. The molecule has 0 atom stereocenters. The van der Waals surface area contributed by atoms with Gasteiger partial charge in [0.15, 0.2) is 0 Å². The average molecular weight is 328 g/mol. The van der Waals surface area contributed by atoms with E-state index in [1.54, 1.807) is 0 Å². The Labute approximate surface area is 121 Å². The molecule has 1 aliphatic heterocycles. The number of fused-ring (bicyclic) bond motifs is 1. The fourth-order valence-corrected chi connectivity index (χ4v) is 2.29. The van der Waals surface area contributed by atoms with Gasteiger partial charge in [-0.05, 0) is 39.0 Å². The summed E-state index contributed by atoms with van der Waals surface area (Å²) in [5.74, 6) is 0.582. The minimum atomic E-state index is -0.455. The van der Waals surface area contributed by atoms with Crippen LogP contribution < -0.4 is 9.64 Å². The van der Waals surface area contributed by atoms with Crippen LogP contribution >= 0.6 is 15.9 Å². The monoisotopic (exact) mass is 327 g/mol. The molecule has 0 fully saturated rings. The molecule has 0 spiro atoms. The number of esters is 1. The van der Waals surface area contributed by atoms with Crippen molar-refractivity contribution in [2.75, 3.05) is 24.6 Å². The zero-order valence-electron chi connectivity index (χ0n) is 11.4. The molecule has 0 bridgehead atoms. The van der Waals surface area contributed by atoms with Crippen molar-refractivity contribution in [1.82, 2.24) is 0 Å². The van der Waals surface area contributed by atoms with Crippen LogP contribution in [-0.4, -0.2) is 31.3 Å². The third-order valence-corrected chi connectivity index (χ3v) is 3.11. The van der Waals surface area contributed by atoms with E-state index in [0.717, 1.165) is 15.9 Å². The van der Waals surface area contributed by atoms with Crippen molar-refractivity contribution in [3.63, 3.8) is 0 Å². The molecule has 1 aliphatic rings. The van der Waals surface area contributed by atoms with Gasteiger partial charge in [-0.25, -0.2) is 0 Å². The number of carbonyl (C=O) groups excluding carboxylic acids is 1. The number of rotatable bonds is 2. The summed E-state index contributed by atoms with van der Waals surface area (Å²) in [7, 11) is 0. The normalized spacial score (nSPS) is 14.6. The molecule has 0 aliphatic carbocycles. The van der Waals surface area contributed by atoms with Gasteiger partial charge in [-0.15, -0.1) is 0 Å². The Morgan fingerprint density at radius 3 is 2.89 bits per heavy atom. The molecule has 0 aromatic heterocycles. The van der Waals surface area contributed by atoms with E-state index in [4.69, 9.17) is 9.47 Å². The molecule has 19 heavy (non-hydrogen) atoms. The third kappa shape index (κ3) is 3.86. The van der Waals surface area contributed by atoms with Crippen molar-refractivity contribution in [3.8, 4) is 5.75 Å². The summed E-state index contributed by atoms with van der Waals surface area (Å²) in [6.45, 7) is 7.11.